The molecule has 2 aromatic rings. The van der Waals surface area contributed by atoms with Gasteiger partial charge in [0.05, 0.1) is 24.0 Å². The lowest BCUT2D eigenvalue weighted by atomic mass is 10.2. The van der Waals surface area contributed by atoms with Crippen molar-refractivity contribution in [2.24, 2.45) is 5.73 Å². The van der Waals surface area contributed by atoms with Gasteiger partial charge in [0.1, 0.15) is 0 Å². The summed E-state index contributed by atoms with van der Waals surface area (Å²) in [7, 11) is 1.64. The van der Waals surface area contributed by atoms with Crippen LogP contribution in [0.3, 0.4) is 0 Å². The van der Waals surface area contributed by atoms with Gasteiger partial charge in [-0.05, 0) is 18.2 Å². The molecule has 0 spiro atoms. The summed E-state index contributed by atoms with van der Waals surface area (Å²) in [5, 5.41) is 4.27. The van der Waals surface area contributed by atoms with Crippen LogP contribution in [0.25, 0.3) is 5.69 Å². The summed E-state index contributed by atoms with van der Waals surface area (Å²) in [6.07, 6.45) is 1.75. The van der Waals surface area contributed by atoms with Crippen LogP contribution in [0.1, 0.15) is 11.7 Å². The monoisotopic (exact) mass is 217 g/mol. The maximum Gasteiger partial charge on any atom is 0.0709 e. The lowest BCUT2D eigenvalue weighted by Crippen LogP contribution is -2.19. The van der Waals surface area contributed by atoms with Crippen molar-refractivity contribution in [2.45, 2.75) is 6.04 Å². The summed E-state index contributed by atoms with van der Waals surface area (Å²) in [4.78, 5) is 0. The summed E-state index contributed by atoms with van der Waals surface area (Å²) in [5.41, 5.74) is 7.96. The van der Waals surface area contributed by atoms with E-state index in [-0.39, 0.29) is 6.04 Å². The van der Waals surface area contributed by atoms with Crippen molar-refractivity contribution in [2.75, 3.05) is 13.7 Å². The zero-order valence-electron chi connectivity index (χ0n) is 9.21. The number of ether oxygens (including phenoxy) is 1. The van der Waals surface area contributed by atoms with Crippen LogP contribution in [0.2, 0.25) is 0 Å². The van der Waals surface area contributed by atoms with Gasteiger partial charge in [0.25, 0.3) is 0 Å². The highest BCUT2D eigenvalue weighted by molar-refractivity contribution is 5.33. The fraction of sp³-hybridized carbons (Fsp3) is 0.250. The molecule has 16 heavy (non-hydrogen) atoms. The van der Waals surface area contributed by atoms with E-state index in [4.69, 9.17) is 10.5 Å². The SMILES string of the molecule is COCC(N)c1ccnn1-c1ccccc1. The summed E-state index contributed by atoms with van der Waals surface area (Å²) in [5.74, 6) is 0. The van der Waals surface area contributed by atoms with E-state index in [9.17, 15) is 0 Å². The highest BCUT2D eigenvalue weighted by Crippen LogP contribution is 2.15. The molecule has 1 unspecified atom stereocenters. The predicted molar refractivity (Wildman–Crippen MR) is 62.4 cm³/mol. The third-order valence-corrected chi connectivity index (χ3v) is 2.40. The molecule has 1 heterocycles. The van der Waals surface area contributed by atoms with Crippen LogP contribution in [0, 0.1) is 0 Å². The van der Waals surface area contributed by atoms with Gasteiger partial charge in [-0.1, -0.05) is 18.2 Å². The van der Waals surface area contributed by atoms with Crippen LogP contribution < -0.4 is 5.73 Å². The quantitative estimate of drug-likeness (QED) is 0.844. The fourth-order valence-electron chi connectivity index (χ4n) is 1.64. The minimum atomic E-state index is -0.160. The van der Waals surface area contributed by atoms with E-state index in [2.05, 4.69) is 5.10 Å². The van der Waals surface area contributed by atoms with Crippen LogP contribution in [0.15, 0.2) is 42.6 Å². The highest BCUT2D eigenvalue weighted by Gasteiger charge is 2.12. The van der Waals surface area contributed by atoms with E-state index in [0.29, 0.717) is 6.61 Å². The number of para-hydroxylation sites is 1. The Bertz CT molecular complexity index is 439. The van der Waals surface area contributed by atoms with Gasteiger partial charge < -0.3 is 10.5 Å². The van der Waals surface area contributed by atoms with E-state index < -0.39 is 0 Å². The van der Waals surface area contributed by atoms with Gasteiger partial charge >= 0.3 is 0 Å². The largest absolute Gasteiger partial charge is 0.383 e. The molecule has 1 aromatic carbocycles. The number of methoxy groups -OCH3 is 1. The van der Waals surface area contributed by atoms with E-state index in [1.54, 1.807) is 13.3 Å². The van der Waals surface area contributed by atoms with Crippen molar-refractivity contribution in [1.82, 2.24) is 9.78 Å². The Morgan fingerprint density at radius 1 is 1.31 bits per heavy atom. The molecule has 0 saturated carbocycles. The van der Waals surface area contributed by atoms with Crippen molar-refractivity contribution in [3.05, 3.63) is 48.3 Å². The number of nitrogens with two attached hydrogens (primary N) is 1. The van der Waals surface area contributed by atoms with Crippen molar-refractivity contribution < 1.29 is 4.74 Å². The van der Waals surface area contributed by atoms with E-state index in [1.807, 2.05) is 41.1 Å². The lowest BCUT2D eigenvalue weighted by molar-refractivity contribution is 0.179. The third kappa shape index (κ3) is 2.13. The number of aromatic nitrogens is 2. The maximum atomic E-state index is 6.00. The molecule has 4 nitrogen and oxygen atoms in total. The normalized spacial score (nSPS) is 12.6. The zero-order chi connectivity index (χ0) is 11.4. The number of hydrogen-bond acceptors (Lipinski definition) is 3. The van der Waals surface area contributed by atoms with Crippen molar-refractivity contribution in [3.63, 3.8) is 0 Å². The van der Waals surface area contributed by atoms with Crippen LogP contribution >= 0.6 is 0 Å². The molecule has 1 aromatic heterocycles. The molecule has 0 bridgehead atoms. The van der Waals surface area contributed by atoms with Crippen LogP contribution in [0.5, 0.6) is 0 Å². The first-order valence-corrected chi connectivity index (χ1v) is 5.17. The third-order valence-electron chi connectivity index (χ3n) is 2.40. The second-order valence-electron chi connectivity index (χ2n) is 3.57. The zero-order valence-corrected chi connectivity index (χ0v) is 9.21. The van der Waals surface area contributed by atoms with Crippen LogP contribution in [0.4, 0.5) is 0 Å². The van der Waals surface area contributed by atoms with Gasteiger partial charge in [-0.25, -0.2) is 4.68 Å². The van der Waals surface area contributed by atoms with E-state index in [1.165, 1.54) is 0 Å². The topological polar surface area (TPSA) is 53.1 Å². The van der Waals surface area contributed by atoms with Gasteiger partial charge in [-0.3, -0.25) is 0 Å². The first-order valence-electron chi connectivity index (χ1n) is 5.17. The van der Waals surface area contributed by atoms with Gasteiger partial charge in [0, 0.05) is 13.3 Å². The summed E-state index contributed by atoms with van der Waals surface area (Å²) >= 11 is 0. The second kappa shape index (κ2) is 4.92. The number of hydrogen-bond donors (Lipinski definition) is 1. The maximum absolute atomic E-state index is 6.00. The van der Waals surface area contributed by atoms with E-state index >= 15 is 0 Å². The Morgan fingerprint density at radius 2 is 2.06 bits per heavy atom. The number of nitrogens with zero attached hydrogens (tertiary/aromatic N) is 2. The van der Waals surface area contributed by atoms with Crippen molar-refractivity contribution in [1.29, 1.82) is 0 Å². The second-order valence-corrected chi connectivity index (χ2v) is 3.57. The molecule has 0 aliphatic carbocycles. The molecular weight excluding hydrogens is 202 g/mol. The number of benzene rings is 1. The lowest BCUT2D eigenvalue weighted by Gasteiger charge is -2.13. The van der Waals surface area contributed by atoms with Crippen molar-refractivity contribution >= 4 is 0 Å². The molecule has 0 aliphatic rings. The molecule has 2 N–H and O–H groups in total. The van der Waals surface area contributed by atoms with Gasteiger partial charge in [0.2, 0.25) is 0 Å². The molecule has 0 aliphatic heterocycles. The molecule has 0 radical (unpaired) electrons. The summed E-state index contributed by atoms with van der Waals surface area (Å²) in [6, 6.07) is 11.7. The van der Waals surface area contributed by atoms with Crippen LogP contribution in [-0.2, 0) is 4.74 Å². The Morgan fingerprint density at radius 3 is 2.75 bits per heavy atom. The van der Waals surface area contributed by atoms with Gasteiger partial charge in [-0.15, -0.1) is 0 Å². The van der Waals surface area contributed by atoms with Crippen LogP contribution in [-0.4, -0.2) is 23.5 Å². The molecule has 1 atom stereocenters. The average Bonchev–Trinajstić information content (AvgIpc) is 2.79. The standard InChI is InChI=1S/C12H15N3O/c1-16-9-11(13)12-7-8-14-15(12)10-5-3-2-4-6-10/h2-8,11H,9,13H2,1H3. The summed E-state index contributed by atoms with van der Waals surface area (Å²) in [6.45, 7) is 0.485. The average molecular weight is 217 g/mol. The highest BCUT2D eigenvalue weighted by atomic mass is 16.5. The Kier molecular flexibility index (Phi) is 3.34. The van der Waals surface area contributed by atoms with E-state index in [0.717, 1.165) is 11.4 Å². The Balaban J connectivity index is 2.33. The first kappa shape index (κ1) is 10.9. The minimum Gasteiger partial charge on any atom is -0.383 e. The smallest absolute Gasteiger partial charge is 0.0709 e. The van der Waals surface area contributed by atoms with Gasteiger partial charge in [-0.2, -0.15) is 5.10 Å². The molecule has 0 amide bonds. The fourth-order valence-corrected chi connectivity index (χ4v) is 1.64. The molecular formula is C12H15N3O. The molecule has 0 fully saturated rings. The number of rotatable bonds is 4. The Labute approximate surface area is 94.6 Å². The molecule has 0 saturated heterocycles. The summed E-state index contributed by atoms with van der Waals surface area (Å²) < 4.78 is 6.89. The predicted octanol–water partition coefficient (Wildman–Crippen LogP) is 1.52. The van der Waals surface area contributed by atoms with Gasteiger partial charge in [0.15, 0.2) is 0 Å². The molecule has 2 rings (SSSR count). The first-order chi connectivity index (χ1) is 7.83. The Hall–Kier alpha value is -1.65. The molecule has 84 valence electrons. The van der Waals surface area contributed by atoms with Crippen molar-refractivity contribution in [3.8, 4) is 5.69 Å². The minimum absolute atomic E-state index is 0.160. The molecule has 4 heteroatoms.